The number of hydrogen-bond donors (Lipinski definition) is 0. The molecule has 3 rings (SSSR count). The van der Waals surface area contributed by atoms with Crippen LogP contribution in [0, 0.1) is 0 Å². The molecule has 0 nitrogen and oxygen atoms in total. The first-order valence-corrected chi connectivity index (χ1v) is 8.74. The Balaban J connectivity index is 0.00000182. The second kappa shape index (κ2) is 10.3. The number of allylic oxidation sites excluding steroid dienone is 8. The zero-order chi connectivity index (χ0) is 17.6. The monoisotopic (exact) mass is 356 g/mol. The summed E-state index contributed by atoms with van der Waals surface area (Å²) in [5.41, 5.74) is 8.93. The van der Waals surface area contributed by atoms with Gasteiger partial charge in [-0.1, -0.05) is 112 Å². The Morgan fingerprint density at radius 1 is 0.778 bits per heavy atom. The zero-order valence-electron chi connectivity index (χ0n) is 14.8. The molecule has 0 N–H and O–H groups in total. The molecule has 0 unspecified atom stereocenters. The highest BCUT2D eigenvalue weighted by Gasteiger charge is 2.06. The zero-order valence-corrected chi connectivity index (χ0v) is 14.8. The summed E-state index contributed by atoms with van der Waals surface area (Å²) in [6.45, 7) is 9.82. The van der Waals surface area contributed by atoms with E-state index in [1.807, 2.05) is 12.2 Å². The number of hydrogen-bond acceptors (Lipinski definition) is 0. The largest absolute Gasteiger partial charge is 0.0990 e. The quantitative estimate of drug-likeness (QED) is 0.471. The van der Waals surface area contributed by atoms with Crippen molar-refractivity contribution in [1.29, 1.82) is 0 Å². The first kappa shape index (κ1) is 22.2. The lowest BCUT2D eigenvalue weighted by molar-refractivity contribution is 0.977. The van der Waals surface area contributed by atoms with Crippen LogP contribution in [-0.4, -0.2) is 0 Å². The third-order valence-electron chi connectivity index (χ3n) is 4.68. The van der Waals surface area contributed by atoms with Crippen LogP contribution >= 0.6 is 0 Å². The first-order valence-electron chi connectivity index (χ1n) is 8.74. The minimum absolute atomic E-state index is 0. The molecule has 0 radical (unpaired) electrons. The summed E-state index contributed by atoms with van der Waals surface area (Å²) in [6, 6.07) is 17.5. The van der Waals surface area contributed by atoms with Gasteiger partial charge in [0.15, 0.2) is 0 Å². The molecule has 0 saturated heterocycles. The molecule has 0 saturated carbocycles. The second-order valence-corrected chi connectivity index (χ2v) is 6.42. The summed E-state index contributed by atoms with van der Waals surface area (Å²) in [6.07, 6.45) is 12.4. The molecule has 0 atom stereocenters. The normalized spacial score (nSPS) is 13.4. The fraction of sp³-hybridized carbons (Fsp3) is 0.185. The van der Waals surface area contributed by atoms with Crippen LogP contribution in [0.4, 0.5) is 0 Å². The van der Waals surface area contributed by atoms with E-state index in [0.717, 1.165) is 17.6 Å². The predicted molar refractivity (Wildman–Crippen MR) is 125 cm³/mol. The summed E-state index contributed by atoms with van der Waals surface area (Å²) in [5, 5.41) is 0. The van der Waals surface area contributed by atoms with Gasteiger partial charge in [0, 0.05) is 0 Å². The minimum atomic E-state index is 0. The van der Waals surface area contributed by atoms with Crippen LogP contribution in [-0.2, 0) is 0 Å². The van der Waals surface area contributed by atoms with E-state index >= 15 is 0 Å². The second-order valence-electron chi connectivity index (χ2n) is 6.42. The first-order chi connectivity index (χ1) is 12.2. The van der Waals surface area contributed by atoms with Crippen molar-refractivity contribution >= 4 is 11.1 Å². The van der Waals surface area contributed by atoms with Gasteiger partial charge in [-0.05, 0) is 53.2 Å². The van der Waals surface area contributed by atoms with Crippen molar-refractivity contribution in [2.24, 2.45) is 0 Å². The third-order valence-corrected chi connectivity index (χ3v) is 4.68. The molecule has 0 amide bonds. The van der Waals surface area contributed by atoms with Crippen molar-refractivity contribution in [3.05, 3.63) is 109 Å². The maximum atomic E-state index is 3.87. The van der Waals surface area contributed by atoms with E-state index < -0.39 is 0 Å². The fourth-order valence-corrected chi connectivity index (χ4v) is 3.12. The van der Waals surface area contributed by atoms with Crippen LogP contribution in [0.5, 0.6) is 0 Å². The summed E-state index contributed by atoms with van der Waals surface area (Å²) >= 11 is 0. The molecule has 2 aromatic rings. The molecule has 27 heavy (non-hydrogen) atoms. The Morgan fingerprint density at radius 3 is 1.81 bits per heavy atom. The molecule has 0 bridgehead atoms. The van der Waals surface area contributed by atoms with Crippen molar-refractivity contribution in [3.8, 4) is 11.1 Å². The average molecular weight is 357 g/mol. The molecule has 2 aromatic carbocycles. The Kier molecular flexibility index (Phi) is 8.48. The SMILES string of the molecule is C.C.C=C/C=C(\C=C)c1ccc(-c2ccc(C3=CC=C(C)CC3)cc2)cc1. The smallest absolute Gasteiger partial charge is 0.0184 e. The molecular weight excluding hydrogens is 324 g/mol. The Bertz CT molecular complexity index is 853. The molecule has 0 heterocycles. The van der Waals surface area contributed by atoms with Gasteiger partial charge in [-0.2, -0.15) is 0 Å². The van der Waals surface area contributed by atoms with Crippen molar-refractivity contribution in [3.63, 3.8) is 0 Å². The van der Waals surface area contributed by atoms with E-state index in [4.69, 9.17) is 0 Å². The topological polar surface area (TPSA) is 0 Å². The summed E-state index contributed by atoms with van der Waals surface area (Å²) in [5.74, 6) is 0. The number of benzene rings is 2. The lowest BCUT2D eigenvalue weighted by Gasteiger charge is -2.13. The summed E-state index contributed by atoms with van der Waals surface area (Å²) in [4.78, 5) is 0. The molecule has 0 aliphatic heterocycles. The molecule has 1 aliphatic carbocycles. The average Bonchev–Trinajstić information content (AvgIpc) is 2.67. The van der Waals surface area contributed by atoms with E-state index in [0.29, 0.717) is 0 Å². The van der Waals surface area contributed by atoms with Gasteiger partial charge in [0.2, 0.25) is 0 Å². The van der Waals surface area contributed by atoms with E-state index in [-0.39, 0.29) is 14.9 Å². The van der Waals surface area contributed by atoms with E-state index in [1.165, 1.54) is 34.3 Å². The highest BCUT2D eigenvalue weighted by molar-refractivity contribution is 5.77. The van der Waals surface area contributed by atoms with Crippen LogP contribution in [0.3, 0.4) is 0 Å². The predicted octanol–water partition coefficient (Wildman–Crippen LogP) is 8.50. The van der Waals surface area contributed by atoms with Gasteiger partial charge >= 0.3 is 0 Å². The molecular formula is C27H32. The Hall–Kier alpha value is -2.86. The van der Waals surface area contributed by atoms with Gasteiger partial charge in [-0.3, -0.25) is 0 Å². The maximum absolute atomic E-state index is 3.87. The molecule has 0 spiro atoms. The lowest BCUT2D eigenvalue weighted by Crippen LogP contribution is -1.91. The van der Waals surface area contributed by atoms with E-state index in [9.17, 15) is 0 Å². The van der Waals surface area contributed by atoms with Crippen LogP contribution < -0.4 is 0 Å². The van der Waals surface area contributed by atoms with E-state index in [2.05, 4.69) is 80.8 Å². The van der Waals surface area contributed by atoms with Gasteiger partial charge in [-0.25, -0.2) is 0 Å². The van der Waals surface area contributed by atoms with Gasteiger partial charge in [0.1, 0.15) is 0 Å². The van der Waals surface area contributed by atoms with Crippen molar-refractivity contribution in [1.82, 2.24) is 0 Å². The third kappa shape index (κ3) is 5.31. The van der Waals surface area contributed by atoms with Crippen molar-refractivity contribution in [2.45, 2.75) is 34.6 Å². The van der Waals surface area contributed by atoms with Gasteiger partial charge in [-0.15, -0.1) is 0 Å². The maximum Gasteiger partial charge on any atom is -0.0184 e. The highest BCUT2D eigenvalue weighted by Crippen LogP contribution is 2.29. The van der Waals surface area contributed by atoms with Gasteiger partial charge in [0.05, 0.1) is 0 Å². The number of rotatable bonds is 5. The molecule has 0 heteroatoms. The fourth-order valence-electron chi connectivity index (χ4n) is 3.12. The molecule has 0 fully saturated rings. The molecule has 0 aromatic heterocycles. The highest BCUT2D eigenvalue weighted by atomic mass is 14.1. The minimum Gasteiger partial charge on any atom is -0.0990 e. The van der Waals surface area contributed by atoms with Gasteiger partial charge < -0.3 is 0 Å². The standard InChI is InChI=1S/C25H24.2CH4/c1-4-6-20(5-2)21-11-13-24(14-12-21)25-17-15-23(16-18-25)22-9-7-19(3)8-10-22;;/h4-7,9,11-18H,1-2,8,10H2,3H3;2*1H4/b20-6+;;. The molecule has 140 valence electrons. The van der Waals surface area contributed by atoms with E-state index in [1.54, 1.807) is 6.08 Å². The van der Waals surface area contributed by atoms with Crippen LogP contribution in [0.15, 0.2) is 97.6 Å². The van der Waals surface area contributed by atoms with Gasteiger partial charge in [0.25, 0.3) is 0 Å². The van der Waals surface area contributed by atoms with Crippen molar-refractivity contribution in [2.75, 3.05) is 0 Å². The Morgan fingerprint density at radius 2 is 1.33 bits per heavy atom. The molecule has 1 aliphatic rings. The lowest BCUT2D eigenvalue weighted by atomic mass is 9.92. The summed E-state index contributed by atoms with van der Waals surface area (Å²) < 4.78 is 0. The van der Waals surface area contributed by atoms with Crippen molar-refractivity contribution < 1.29 is 0 Å². The Labute approximate surface area is 166 Å². The van der Waals surface area contributed by atoms with Crippen LogP contribution in [0.2, 0.25) is 0 Å². The summed E-state index contributed by atoms with van der Waals surface area (Å²) in [7, 11) is 0. The van der Waals surface area contributed by atoms with Crippen LogP contribution in [0.1, 0.15) is 45.7 Å². The van der Waals surface area contributed by atoms with Crippen LogP contribution in [0.25, 0.3) is 22.3 Å².